The molecule has 1 saturated heterocycles. The molecule has 0 atom stereocenters. The summed E-state index contributed by atoms with van der Waals surface area (Å²) in [6.45, 7) is 5.45. The fourth-order valence-electron chi connectivity index (χ4n) is 2.64. The highest BCUT2D eigenvalue weighted by molar-refractivity contribution is 5.77. The van der Waals surface area contributed by atoms with Crippen LogP contribution in [0.1, 0.15) is 18.4 Å². The minimum Gasteiger partial charge on any atom is -0.355 e. The van der Waals surface area contributed by atoms with Crippen LogP contribution in [-0.4, -0.2) is 71.8 Å². The SMILES string of the molecule is CN1CCCN(CC(=O)NCCCc2cnn(C)c2)CC1. The normalized spacial score (nSPS) is 17.6. The predicted molar refractivity (Wildman–Crippen MR) is 83.1 cm³/mol. The third-order valence-corrected chi connectivity index (χ3v) is 3.90. The van der Waals surface area contributed by atoms with Crippen molar-refractivity contribution in [2.45, 2.75) is 19.3 Å². The molecule has 1 aromatic heterocycles. The lowest BCUT2D eigenvalue weighted by molar-refractivity contribution is -0.122. The number of carbonyl (C=O) groups is 1. The quantitative estimate of drug-likeness (QED) is 0.756. The lowest BCUT2D eigenvalue weighted by Gasteiger charge is -2.19. The van der Waals surface area contributed by atoms with Gasteiger partial charge in [-0.1, -0.05) is 0 Å². The fourth-order valence-corrected chi connectivity index (χ4v) is 2.64. The van der Waals surface area contributed by atoms with Crippen LogP contribution in [0.3, 0.4) is 0 Å². The molecule has 2 rings (SSSR count). The maximum Gasteiger partial charge on any atom is 0.234 e. The number of nitrogens with zero attached hydrogens (tertiary/aromatic N) is 4. The summed E-state index contributed by atoms with van der Waals surface area (Å²) in [6, 6.07) is 0. The molecule has 1 aliphatic heterocycles. The van der Waals surface area contributed by atoms with Gasteiger partial charge in [-0.3, -0.25) is 14.4 Å². The summed E-state index contributed by atoms with van der Waals surface area (Å²) in [4.78, 5) is 16.5. The van der Waals surface area contributed by atoms with E-state index in [2.05, 4.69) is 27.3 Å². The molecule has 6 nitrogen and oxygen atoms in total. The number of rotatable bonds is 6. The van der Waals surface area contributed by atoms with Crippen LogP contribution < -0.4 is 5.32 Å². The number of hydrogen-bond acceptors (Lipinski definition) is 4. The molecule has 0 unspecified atom stereocenters. The molecule has 21 heavy (non-hydrogen) atoms. The summed E-state index contributed by atoms with van der Waals surface area (Å²) in [7, 11) is 4.06. The average Bonchev–Trinajstić information content (AvgIpc) is 2.75. The molecule has 6 heteroatoms. The first-order valence-electron chi connectivity index (χ1n) is 7.78. The van der Waals surface area contributed by atoms with Gasteiger partial charge in [0, 0.05) is 32.9 Å². The van der Waals surface area contributed by atoms with Gasteiger partial charge in [0.25, 0.3) is 0 Å². The number of nitrogens with one attached hydrogen (secondary N) is 1. The van der Waals surface area contributed by atoms with Gasteiger partial charge < -0.3 is 10.2 Å². The number of hydrogen-bond donors (Lipinski definition) is 1. The van der Waals surface area contributed by atoms with Crippen LogP contribution in [0.2, 0.25) is 0 Å². The second-order valence-corrected chi connectivity index (χ2v) is 5.91. The van der Waals surface area contributed by atoms with Crippen LogP contribution in [0.15, 0.2) is 12.4 Å². The van der Waals surface area contributed by atoms with E-state index in [1.54, 1.807) is 0 Å². The van der Waals surface area contributed by atoms with Crippen molar-refractivity contribution >= 4 is 5.91 Å². The summed E-state index contributed by atoms with van der Waals surface area (Å²) >= 11 is 0. The van der Waals surface area contributed by atoms with E-state index < -0.39 is 0 Å². The molecule has 2 heterocycles. The van der Waals surface area contributed by atoms with Crippen molar-refractivity contribution < 1.29 is 4.79 Å². The van der Waals surface area contributed by atoms with Crippen molar-refractivity contribution in [2.24, 2.45) is 7.05 Å². The number of aryl methyl sites for hydroxylation is 2. The van der Waals surface area contributed by atoms with Gasteiger partial charge >= 0.3 is 0 Å². The highest BCUT2D eigenvalue weighted by Gasteiger charge is 2.14. The van der Waals surface area contributed by atoms with Crippen LogP contribution in [0, 0.1) is 0 Å². The van der Waals surface area contributed by atoms with Crippen LogP contribution in [0.5, 0.6) is 0 Å². The van der Waals surface area contributed by atoms with Gasteiger partial charge in [-0.05, 0) is 45.0 Å². The Morgan fingerprint density at radius 2 is 2.14 bits per heavy atom. The molecule has 0 radical (unpaired) electrons. The molecule has 1 N–H and O–H groups in total. The maximum absolute atomic E-state index is 11.9. The largest absolute Gasteiger partial charge is 0.355 e. The predicted octanol–water partition coefficient (Wildman–Crippen LogP) is 0.106. The second kappa shape index (κ2) is 8.14. The molecule has 1 amide bonds. The van der Waals surface area contributed by atoms with Crippen molar-refractivity contribution in [2.75, 3.05) is 46.3 Å². The van der Waals surface area contributed by atoms with E-state index in [0.717, 1.165) is 52.0 Å². The highest BCUT2D eigenvalue weighted by Crippen LogP contribution is 2.01. The fraction of sp³-hybridized carbons (Fsp3) is 0.733. The lowest BCUT2D eigenvalue weighted by Crippen LogP contribution is -2.39. The summed E-state index contributed by atoms with van der Waals surface area (Å²) in [5.41, 5.74) is 1.22. The molecule has 1 fully saturated rings. The van der Waals surface area contributed by atoms with Gasteiger partial charge in [0.05, 0.1) is 12.7 Å². The Morgan fingerprint density at radius 3 is 2.90 bits per heavy atom. The molecular formula is C15H27N5O. The first-order chi connectivity index (χ1) is 10.1. The van der Waals surface area contributed by atoms with Crippen molar-refractivity contribution in [3.8, 4) is 0 Å². The van der Waals surface area contributed by atoms with E-state index in [-0.39, 0.29) is 5.91 Å². The zero-order valence-electron chi connectivity index (χ0n) is 13.2. The van der Waals surface area contributed by atoms with E-state index in [0.29, 0.717) is 6.54 Å². The summed E-state index contributed by atoms with van der Waals surface area (Å²) in [5.74, 6) is 0.144. The zero-order chi connectivity index (χ0) is 15.1. The monoisotopic (exact) mass is 293 g/mol. The first kappa shape index (κ1) is 16.0. The van der Waals surface area contributed by atoms with Crippen LogP contribution in [0.25, 0.3) is 0 Å². The molecule has 0 bridgehead atoms. The third-order valence-electron chi connectivity index (χ3n) is 3.90. The third kappa shape index (κ3) is 5.85. The molecule has 0 aliphatic carbocycles. The highest BCUT2D eigenvalue weighted by atomic mass is 16.2. The van der Waals surface area contributed by atoms with Gasteiger partial charge in [0.2, 0.25) is 5.91 Å². The minimum atomic E-state index is 0.144. The Labute approximate surface area is 127 Å². The molecule has 1 aromatic rings. The van der Waals surface area contributed by atoms with Gasteiger partial charge in [-0.2, -0.15) is 5.10 Å². The Balaban J connectivity index is 1.59. The Hall–Kier alpha value is -1.40. The van der Waals surface area contributed by atoms with Gasteiger partial charge in [0.15, 0.2) is 0 Å². The van der Waals surface area contributed by atoms with Crippen molar-refractivity contribution in [3.63, 3.8) is 0 Å². The molecule has 118 valence electrons. The van der Waals surface area contributed by atoms with E-state index in [1.165, 1.54) is 5.56 Å². The topological polar surface area (TPSA) is 53.4 Å². The number of likely N-dealkylation sites (N-methyl/N-ethyl adjacent to an activating group) is 1. The minimum absolute atomic E-state index is 0.144. The van der Waals surface area contributed by atoms with Crippen molar-refractivity contribution in [1.82, 2.24) is 24.9 Å². The zero-order valence-corrected chi connectivity index (χ0v) is 13.2. The summed E-state index contributed by atoms with van der Waals surface area (Å²) in [6.07, 6.45) is 6.97. The Bertz CT molecular complexity index is 445. The molecule has 0 spiro atoms. The van der Waals surface area contributed by atoms with Gasteiger partial charge in [-0.25, -0.2) is 0 Å². The van der Waals surface area contributed by atoms with Crippen LogP contribution in [0.4, 0.5) is 0 Å². The lowest BCUT2D eigenvalue weighted by atomic mass is 10.2. The molecule has 1 aliphatic rings. The molecule has 0 aromatic carbocycles. The van der Waals surface area contributed by atoms with E-state index in [1.807, 2.05) is 24.1 Å². The van der Waals surface area contributed by atoms with E-state index in [9.17, 15) is 4.79 Å². The van der Waals surface area contributed by atoms with Crippen molar-refractivity contribution in [1.29, 1.82) is 0 Å². The summed E-state index contributed by atoms with van der Waals surface area (Å²) < 4.78 is 1.81. The summed E-state index contributed by atoms with van der Waals surface area (Å²) in [5, 5.41) is 7.16. The first-order valence-corrected chi connectivity index (χ1v) is 7.78. The second-order valence-electron chi connectivity index (χ2n) is 5.91. The van der Waals surface area contributed by atoms with Gasteiger partial charge in [-0.15, -0.1) is 0 Å². The van der Waals surface area contributed by atoms with Crippen LogP contribution in [-0.2, 0) is 18.3 Å². The van der Waals surface area contributed by atoms with Crippen LogP contribution >= 0.6 is 0 Å². The number of aromatic nitrogens is 2. The Morgan fingerprint density at radius 1 is 1.29 bits per heavy atom. The standard InChI is InChI=1S/C15H27N5O/c1-18-7-4-8-20(10-9-18)13-15(21)16-6-3-5-14-11-17-19(2)12-14/h11-12H,3-10,13H2,1-2H3,(H,16,21). The Kier molecular flexibility index (Phi) is 6.20. The number of amides is 1. The maximum atomic E-state index is 11.9. The molecule has 0 saturated carbocycles. The smallest absolute Gasteiger partial charge is 0.234 e. The van der Waals surface area contributed by atoms with E-state index in [4.69, 9.17) is 0 Å². The average molecular weight is 293 g/mol. The van der Waals surface area contributed by atoms with Gasteiger partial charge in [0.1, 0.15) is 0 Å². The number of carbonyl (C=O) groups excluding carboxylic acids is 1. The van der Waals surface area contributed by atoms with Crippen molar-refractivity contribution in [3.05, 3.63) is 18.0 Å². The molecular weight excluding hydrogens is 266 g/mol. The van der Waals surface area contributed by atoms with E-state index >= 15 is 0 Å².